The minimum Gasteiger partial charge on any atom is -0.497 e. The van der Waals surface area contributed by atoms with Crippen LogP contribution in [0.15, 0.2) is 53.4 Å². The molecule has 3 fully saturated rings. The maximum absolute atomic E-state index is 13.5. The predicted octanol–water partition coefficient (Wildman–Crippen LogP) is 3.07. The summed E-state index contributed by atoms with van der Waals surface area (Å²) in [7, 11) is -2.06. The molecule has 2 aliphatic heterocycles. The van der Waals surface area contributed by atoms with Gasteiger partial charge in [0, 0.05) is 42.6 Å². The molecule has 1 N–H and O–H groups in total. The van der Waals surface area contributed by atoms with Crippen LogP contribution in [0.5, 0.6) is 5.75 Å². The Bertz CT molecular complexity index is 1160. The summed E-state index contributed by atoms with van der Waals surface area (Å²) in [6.07, 6.45) is 4.12. The first-order chi connectivity index (χ1) is 16.5. The summed E-state index contributed by atoms with van der Waals surface area (Å²) >= 11 is 0. The van der Waals surface area contributed by atoms with Crippen LogP contribution in [0.4, 0.5) is 0 Å². The van der Waals surface area contributed by atoms with E-state index >= 15 is 0 Å². The number of rotatable bonds is 5. The van der Waals surface area contributed by atoms with Crippen molar-refractivity contribution in [1.29, 1.82) is 0 Å². The molecule has 2 aromatic carbocycles. The Labute approximate surface area is 202 Å². The summed E-state index contributed by atoms with van der Waals surface area (Å²) in [5, 5.41) is 10.2. The maximum Gasteiger partial charge on any atom is 0.243 e. The molecule has 1 saturated carbocycles. The highest BCUT2D eigenvalue weighted by atomic mass is 32.2. The summed E-state index contributed by atoms with van der Waals surface area (Å²) in [6.45, 7) is 1.87. The van der Waals surface area contributed by atoms with Gasteiger partial charge in [-0.1, -0.05) is 24.0 Å². The molecular formula is C27H32N2O4S. The van der Waals surface area contributed by atoms with Gasteiger partial charge < -0.3 is 9.84 Å². The van der Waals surface area contributed by atoms with Crippen molar-refractivity contribution < 1.29 is 18.3 Å². The predicted molar refractivity (Wildman–Crippen MR) is 131 cm³/mol. The summed E-state index contributed by atoms with van der Waals surface area (Å²) in [6, 6.07) is 14.9. The zero-order chi connectivity index (χ0) is 23.7. The molecule has 0 unspecified atom stereocenters. The van der Waals surface area contributed by atoms with E-state index in [4.69, 9.17) is 4.74 Å². The molecule has 2 saturated heterocycles. The first-order valence-corrected chi connectivity index (χ1v) is 13.6. The molecule has 0 amide bonds. The van der Waals surface area contributed by atoms with Crippen LogP contribution in [-0.4, -0.2) is 68.2 Å². The fourth-order valence-electron chi connectivity index (χ4n) is 5.23. The van der Waals surface area contributed by atoms with Gasteiger partial charge in [0.15, 0.2) is 0 Å². The van der Waals surface area contributed by atoms with Crippen molar-refractivity contribution in [2.75, 3.05) is 33.4 Å². The zero-order valence-electron chi connectivity index (χ0n) is 19.6. The third-order valence-corrected chi connectivity index (χ3v) is 9.20. The molecule has 34 heavy (non-hydrogen) atoms. The van der Waals surface area contributed by atoms with Gasteiger partial charge in [-0.25, -0.2) is 8.42 Å². The summed E-state index contributed by atoms with van der Waals surface area (Å²) < 4.78 is 33.8. The molecule has 7 heteroatoms. The first kappa shape index (κ1) is 23.4. The SMILES string of the molecule is COc1ccc(S(=O)(=O)N2CCCCN3[C@@H](CO)[C@H](c4ccc(C#CC5CC5)cc4)[C@@H]3C2)cc1. The fourth-order valence-corrected chi connectivity index (χ4v) is 6.72. The van der Waals surface area contributed by atoms with Crippen LogP contribution >= 0.6 is 0 Å². The molecule has 0 bridgehead atoms. The maximum atomic E-state index is 13.5. The summed E-state index contributed by atoms with van der Waals surface area (Å²) in [5.41, 5.74) is 2.15. The first-order valence-electron chi connectivity index (χ1n) is 12.1. The number of benzene rings is 2. The van der Waals surface area contributed by atoms with Crippen molar-refractivity contribution in [2.45, 2.75) is 48.6 Å². The van der Waals surface area contributed by atoms with Crippen LogP contribution in [0.3, 0.4) is 0 Å². The smallest absolute Gasteiger partial charge is 0.243 e. The van der Waals surface area contributed by atoms with E-state index in [1.54, 1.807) is 35.7 Å². The summed E-state index contributed by atoms with van der Waals surface area (Å²) in [5.74, 6) is 7.83. The van der Waals surface area contributed by atoms with Crippen molar-refractivity contribution >= 4 is 10.0 Å². The molecule has 0 spiro atoms. The average molecular weight is 481 g/mol. The number of hydrogen-bond donors (Lipinski definition) is 1. The number of fused-ring (bicyclic) bond motifs is 1. The van der Waals surface area contributed by atoms with Crippen LogP contribution in [-0.2, 0) is 10.0 Å². The molecule has 0 radical (unpaired) electrons. The van der Waals surface area contributed by atoms with Crippen LogP contribution in [0.2, 0.25) is 0 Å². The number of aliphatic hydroxyl groups excluding tert-OH is 1. The Hall–Kier alpha value is -2.37. The van der Waals surface area contributed by atoms with E-state index in [1.165, 1.54) is 12.8 Å². The number of hydrogen-bond acceptors (Lipinski definition) is 5. The highest BCUT2D eigenvalue weighted by Crippen LogP contribution is 2.42. The van der Waals surface area contributed by atoms with Crippen LogP contribution in [0, 0.1) is 17.8 Å². The van der Waals surface area contributed by atoms with E-state index < -0.39 is 10.0 Å². The number of ether oxygens (including phenoxy) is 1. The van der Waals surface area contributed by atoms with Gasteiger partial charge in [-0.3, -0.25) is 4.90 Å². The molecular weight excluding hydrogens is 448 g/mol. The Balaban J connectivity index is 1.38. The highest BCUT2D eigenvalue weighted by molar-refractivity contribution is 7.89. The van der Waals surface area contributed by atoms with Crippen molar-refractivity contribution in [1.82, 2.24) is 9.21 Å². The van der Waals surface area contributed by atoms with Gasteiger partial charge in [-0.15, -0.1) is 0 Å². The lowest BCUT2D eigenvalue weighted by Gasteiger charge is -2.57. The third-order valence-electron chi connectivity index (χ3n) is 7.32. The van der Waals surface area contributed by atoms with Gasteiger partial charge in [0.1, 0.15) is 5.75 Å². The van der Waals surface area contributed by atoms with Gasteiger partial charge in [0.25, 0.3) is 0 Å². The average Bonchev–Trinajstić information content (AvgIpc) is 3.67. The third kappa shape index (κ3) is 4.60. The van der Waals surface area contributed by atoms with Gasteiger partial charge >= 0.3 is 0 Å². The lowest BCUT2D eigenvalue weighted by molar-refractivity contribution is -0.0553. The Morgan fingerprint density at radius 3 is 2.38 bits per heavy atom. The molecule has 3 aliphatic rings. The quantitative estimate of drug-likeness (QED) is 0.666. The highest BCUT2D eigenvalue weighted by Gasteiger charge is 2.50. The Morgan fingerprint density at radius 2 is 1.74 bits per heavy atom. The van der Waals surface area contributed by atoms with Crippen LogP contribution in [0.25, 0.3) is 0 Å². The minimum absolute atomic E-state index is 0.0111. The normalized spacial score (nSPS) is 25.8. The van der Waals surface area contributed by atoms with Crippen molar-refractivity contribution in [3.8, 4) is 17.6 Å². The Kier molecular flexibility index (Phi) is 6.67. The molecule has 2 aromatic rings. The Morgan fingerprint density at radius 1 is 1.03 bits per heavy atom. The molecule has 0 aromatic heterocycles. The van der Waals surface area contributed by atoms with E-state index in [2.05, 4.69) is 41.0 Å². The van der Waals surface area contributed by atoms with Crippen LogP contribution in [0.1, 0.15) is 42.7 Å². The standard InChI is InChI=1S/C27H32N2O4S/c1-33-23-12-14-24(15-13-23)34(31,32)28-16-2-3-17-29-25(18-28)27(26(29)19-30)22-10-8-21(9-11-22)7-6-20-4-5-20/h8-15,20,25-27,30H,2-5,16-19H2,1H3/t25-,26-,27+/m0/s1. The molecule has 5 rings (SSSR count). The lowest BCUT2D eigenvalue weighted by Crippen LogP contribution is -2.67. The molecule has 2 heterocycles. The number of sulfonamides is 1. The molecule has 180 valence electrons. The second kappa shape index (κ2) is 9.71. The largest absolute Gasteiger partial charge is 0.497 e. The van der Waals surface area contributed by atoms with E-state index in [9.17, 15) is 13.5 Å². The molecule has 6 nitrogen and oxygen atoms in total. The zero-order valence-corrected chi connectivity index (χ0v) is 20.4. The number of methoxy groups -OCH3 is 1. The number of nitrogens with zero attached hydrogens (tertiary/aromatic N) is 2. The number of aliphatic hydroxyl groups is 1. The lowest BCUT2D eigenvalue weighted by atomic mass is 9.74. The van der Waals surface area contributed by atoms with Gasteiger partial charge in [0.05, 0.1) is 18.6 Å². The van der Waals surface area contributed by atoms with Crippen molar-refractivity contribution in [2.24, 2.45) is 5.92 Å². The minimum atomic E-state index is -3.62. The summed E-state index contributed by atoms with van der Waals surface area (Å²) in [4.78, 5) is 2.58. The topological polar surface area (TPSA) is 70.1 Å². The molecule has 1 aliphatic carbocycles. The van der Waals surface area contributed by atoms with Crippen molar-refractivity contribution in [3.63, 3.8) is 0 Å². The monoisotopic (exact) mass is 480 g/mol. The van der Waals surface area contributed by atoms with E-state index in [0.717, 1.165) is 30.5 Å². The second-order valence-corrected chi connectivity index (χ2v) is 11.4. The van der Waals surface area contributed by atoms with E-state index in [1.807, 2.05) is 0 Å². The van der Waals surface area contributed by atoms with Gasteiger partial charge in [-0.2, -0.15) is 4.31 Å². The van der Waals surface area contributed by atoms with Gasteiger partial charge in [0.2, 0.25) is 10.0 Å². The molecule has 3 atom stereocenters. The van der Waals surface area contributed by atoms with E-state index in [0.29, 0.717) is 24.8 Å². The van der Waals surface area contributed by atoms with Crippen molar-refractivity contribution in [3.05, 3.63) is 59.7 Å². The van der Waals surface area contributed by atoms with Gasteiger partial charge in [-0.05, 0) is 74.2 Å². The van der Waals surface area contributed by atoms with E-state index in [-0.39, 0.29) is 29.5 Å². The van der Waals surface area contributed by atoms with Crippen LogP contribution < -0.4 is 4.74 Å². The fraction of sp³-hybridized carbons (Fsp3) is 0.481. The second-order valence-electron chi connectivity index (χ2n) is 9.49.